The Morgan fingerprint density at radius 1 is 1.22 bits per heavy atom. The van der Waals surface area contributed by atoms with E-state index >= 15 is 0 Å². The van der Waals surface area contributed by atoms with Crippen LogP contribution >= 0.6 is 24.0 Å². The molecule has 0 saturated heterocycles. The number of hydrogen-bond donors (Lipinski definition) is 2. The number of unbranched alkanes of at least 4 members (excludes halogenated alkanes) is 3. The van der Waals surface area contributed by atoms with Crippen LogP contribution in [0.25, 0.3) is 0 Å². The largest absolute Gasteiger partial charge is 0.357 e. The van der Waals surface area contributed by atoms with Crippen molar-refractivity contribution in [1.29, 1.82) is 0 Å². The van der Waals surface area contributed by atoms with E-state index < -0.39 is 0 Å². The lowest BCUT2D eigenvalue weighted by atomic mass is 10.1. The lowest BCUT2D eigenvalue weighted by molar-refractivity contribution is 0.535. The number of hydrogen-bond acceptors (Lipinski definition) is 2. The summed E-state index contributed by atoms with van der Waals surface area (Å²) in [5, 5.41) is 11.0. The number of guanidine groups is 1. The van der Waals surface area contributed by atoms with Gasteiger partial charge in [0.15, 0.2) is 5.96 Å². The zero-order chi connectivity index (χ0) is 16.0. The first kappa shape index (κ1) is 22.2. The first-order chi connectivity index (χ1) is 10.8. The van der Waals surface area contributed by atoms with Crippen LogP contribution in [0, 0.1) is 0 Å². The third-order valence-corrected chi connectivity index (χ3v) is 3.59. The number of aryl methyl sites for hydroxylation is 1. The summed E-state index contributed by atoms with van der Waals surface area (Å²) in [5.41, 5.74) is 0. The highest BCUT2D eigenvalue weighted by molar-refractivity contribution is 14.0. The Kier molecular flexibility index (Phi) is 14.3. The molecule has 1 rings (SSSR count). The van der Waals surface area contributed by atoms with Crippen LogP contribution in [-0.2, 0) is 6.54 Å². The van der Waals surface area contributed by atoms with Crippen LogP contribution < -0.4 is 10.6 Å². The summed E-state index contributed by atoms with van der Waals surface area (Å²) in [7, 11) is 0. The van der Waals surface area contributed by atoms with E-state index in [1.54, 1.807) is 0 Å². The molecule has 0 spiro atoms. The molecule has 0 amide bonds. The third-order valence-electron chi connectivity index (χ3n) is 3.59. The van der Waals surface area contributed by atoms with Gasteiger partial charge in [-0.2, -0.15) is 5.10 Å². The van der Waals surface area contributed by atoms with Gasteiger partial charge in [-0.3, -0.25) is 9.67 Å². The quantitative estimate of drug-likeness (QED) is 0.241. The van der Waals surface area contributed by atoms with Gasteiger partial charge in [0.2, 0.25) is 0 Å². The number of aromatic nitrogens is 2. The van der Waals surface area contributed by atoms with Gasteiger partial charge in [-0.15, -0.1) is 24.0 Å². The number of aliphatic imine (C=N–C) groups is 1. The molecule has 134 valence electrons. The molecule has 0 bridgehead atoms. The topological polar surface area (TPSA) is 54.2 Å². The van der Waals surface area contributed by atoms with Crippen molar-refractivity contribution in [3.63, 3.8) is 0 Å². The second-order valence-corrected chi connectivity index (χ2v) is 5.78. The molecular weight excluding hydrogens is 401 g/mol. The molecule has 1 heterocycles. The van der Waals surface area contributed by atoms with E-state index in [-0.39, 0.29) is 24.0 Å². The van der Waals surface area contributed by atoms with Crippen molar-refractivity contribution in [1.82, 2.24) is 20.4 Å². The maximum atomic E-state index is 4.65. The standard InChI is InChI=1S/C17H33N5.HI/c1-4-6-7-8-11-16(3)21-17(18-5-2)19-12-9-14-22-15-10-13-20-22;/h10,13,15-16H,4-9,11-12,14H2,1-3H3,(H2,18,19,21);1H. The summed E-state index contributed by atoms with van der Waals surface area (Å²) in [4.78, 5) is 4.65. The van der Waals surface area contributed by atoms with Crippen molar-refractivity contribution in [2.45, 2.75) is 71.9 Å². The first-order valence-electron chi connectivity index (χ1n) is 8.78. The molecule has 1 atom stereocenters. The summed E-state index contributed by atoms with van der Waals surface area (Å²) < 4.78 is 1.95. The molecule has 2 N–H and O–H groups in total. The highest BCUT2D eigenvalue weighted by Gasteiger charge is 2.04. The number of halogens is 1. The number of nitrogens with zero attached hydrogens (tertiary/aromatic N) is 3. The Labute approximate surface area is 158 Å². The van der Waals surface area contributed by atoms with Crippen molar-refractivity contribution in [3.8, 4) is 0 Å². The second-order valence-electron chi connectivity index (χ2n) is 5.78. The summed E-state index contributed by atoms with van der Waals surface area (Å²) in [6.45, 7) is 9.23. The predicted octanol–water partition coefficient (Wildman–Crippen LogP) is 3.81. The molecule has 0 aliphatic heterocycles. The molecule has 23 heavy (non-hydrogen) atoms. The van der Waals surface area contributed by atoms with Gasteiger partial charge in [0.25, 0.3) is 0 Å². The SMILES string of the molecule is CCCCCCC(C)NC(=NCCCn1cccn1)NCC.I. The molecule has 0 radical (unpaired) electrons. The van der Waals surface area contributed by atoms with Gasteiger partial charge < -0.3 is 10.6 Å². The highest BCUT2D eigenvalue weighted by Crippen LogP contribution is 2.05. The Balaban J connectivity index is 0.00000484. The van der Waals surface area contributed by atoms with E-state index in [0.717, 1.165) is 32.0 Å². The monoisotopic (exact) mass is 435 g/mol. The van der Waals surface area contributed by atoms with E-state index in [9.17, 15) is 0 Å². The van der Waals surface area contributed by atoms with Gasteiger partial charge >= 0.3 is 0 Å². The van der Waals surface area contributed by atoms with Crippen LogP contribution in [-0.4, -0.2) is 34.9 Å². The minimum absolute atomic E-state index is 0. The van der Waals surface area contributed by atoms with Crippen LogP contribution in [0.2, 0.25) is 0 Å². The van der Waals surface area contributed by atoms with Gasteiger partial charge in [-0.05, 0) is 32.8 Å². The molecule has 5 nitrogen and oxygen atoms in total. The minimum Gasteiger partial charge on any atom is -0.357 e. The number of rotatable bonds is 11. The van der Waals surface area contributed by atoms with Crippen LogP contribution in [0.5, 0.6) is 0 Å². The predicted molar refractivity (Wildman–Crippen MR) is 110 cm³/mol. The van der Waals surface area contributed by atoms with E-state index in [2.05, 4.69) is 41.5 Å². The zero-order valence-corrected chi connectivity index (χ0v) is 17.3. The van der Waals surface area contributed by atoms with Crippen molar-refractivity contribution in [2.24, 2.45) is 4.99 Å². The zero-order valence-electron chi connectivity index (χ0n) is 14.9. The fourth-order valence-electron chi connectivity index (χ4n) is 2.36. The molecule has 1 aromatic rings. The van der Waals surface area contributed by atoms with Gasteiger partial charge in [0, 0.05) is 38.1 Å². The van der Waals surface area contributed by atoms with Crippen molar-refractivity contribution >= 4 is 29.9 Å². The summed E-state index contributed by atoms with van der Waals surface area (Å²) >= 11 is 0. The highest BCUT2D eigenvalue weighted by atomic mass is 127. The molecule has 0 aliphatic rings. The molecule has 0 saturated carbocycles. The maximum Gasteiger partial charge on any atom is 0.191 e. The lowest BCUT2D eigenvalue weighted by Crippen LogP contribution is -2.42. The molecule has 1 unspecified atom stereocenters. The molecule has 0 aromatic carbocycles. The van der Waals surface area contributed by atoms with E-state index in [0.29, 0.717) is 6.04 Å². The number of nitrogens with one attached hydrogen (secondary N) is 2. The lowest BCUT2D eigenvalue weighted by Gasteiger charge is -2.17. The third kappa shape index (κ3) is 11.4. The van der Waals surface area contributed by atoms with Gasteiger partial charge in [0.05, 0.1) is 0 Å². The van der Waals surface area contributed by atoms with E-state index in [1.165, 1.54) is 32.1 Å². The molecule has 1 aromatic heterocycles. The fraction of sp³-hybridized carbons (Fsp3) is 0.765. The van der Waals surface area contributed by atoms with Gasteiger partial charge in [0.1, 0.15) is 0 Å². The molecule has 0 aliphatic carbocycles. The van der Waals surface area contributed by atoms with Crippen LogP contribution in [0.15, 0.2) is 23.5 Å². The van der Waals surface area contributed by atoms with Crippen molar-refractivity contribution in [3.05, 3.63) is 18.5 Å². The fourth-order valence-corrected chi connectivity index (χ4v) is 2.36. The Bertz CT molecular complexity index is 392. The Morgan fingerprint density at radius 2 is 2.04 bits per heavy atom. The Hall–Kier alpha value is -0.790. The minimum atomic E-state index is 0. The van der Waals surface area contributed by atoms with Gasteiger partial charge in [-0.25, -0.2) is 0 Å². The van der Waals surface area contributed by atoms with Crippen LogP contribution in [0.1, 0.15) is 59.3 Å². The van der Waals surface area contributed by atoms with Crippen molar-refractivity contribution in [2.75, 3.05) is 13.1 Å². The first-order valence-corrected chi connectivity index (χ1v) is 8.78. The average molecular weight is 435 g/mol. The average Bonchev–Trinajstić information content (AvgIpc) is 3.01. The summed E-state index contributed by atoms with van der Waals surface area (Å²) in [6, 6.07) is 2.43. The molecule has 0 fully saturated rings. The second kappa shape index (κ2) is 14.8. The maximum absolute atomic E-state index is 4.65. The van der Waals surface area contributed by atoms with E-state index in [1.807, 2.05) is 23.1 Å². The van der Waals surface area contributed by atoms with Crippen molar-refractivity contribution < 1.29 is 0 Å². The van der Waals surface area contributed by atoms with E-state index in [4.69, 9.17) is 0 Å². The normalized spacial score (nSPS) is 12.6. The molecular formula is C17H34IN5. The van der Waals surface area contributed by atoms with Gasteiger partial charge in [-0.1, -0.05) is 32.6 Å². The summed E-state index contributed by atoms with van der Waals surface area (Å²) in [5.74, 6) is 0.936. The summed E-state index contributed by atoms with van der Waals surface area (Å²) in [6.07, 6.45) is 11.3. The van der Waals surface area contributed by atoms with Crippen LogP contribution in [0.4, 0.5) is 0 Å². The van der Waals surface area contributed by atoms with Crippen LogP contribution in [0.3, 0.4) is 0 Å². The molecule has 6 heteroatoms. The Morgan fingerprint density at radius 3 is 2.70 bits per heavy atom. The smallest absolute Gasteiger partial charge is 0.191 e.